The monoisotopic (exact) mass is 449 g/mol. The summed E-state index contributed by atoms with van der Waals surface area (Å²) in [6.45, 7) is 4.50. The zero-order valence-electron chi connectivity index (χ0n) is 17.2. The van der Waals surface area contributed by atoms with Crippen LogP contribution in [-0.4, -0.2) is 44.2 Å². The van der Waals surface area contributed by atoms with Crippen LogP contribution in [0.15, 0.2) is 35.2 Å². The number of nitrogens with one attached hydrogen (secondary N) is 2. The summed E-state index contributed by atoms with van der Waals surface area (Å²) < 4.78 is 27.8. The summed E-state index contributed by atoms with van der Waals surface area (Å²) in [5.74, 6) is -0.727. The van der Waals surface area contributed by atoms with Gasteiger partial charge in [0.2, 0.25) is 15.9 Å². The average Bonchev–Trinajstić information content (AvgIpc) is 2.96. The zero-order valence-corrected chi connectivity index (χ0v) is 18.9. The van der Waals surface area contributed by atoms with Gasteiger partial charge in [0.1, 0.15) is 0 Å². The molecule has 0 unspecified atom stereocenters. The number of rotatable bonds is 6. The van der Waals surface area contributed by atoms with E-state index in [2.05, 4.69) is 10.6 Å². The van der Waals surface area contributed by atoms with Crippen LogP contribution in [0.1, 0.15) is 45.8 Å². The van der Waals surface area contributed by atoms with Crippen molar-refractivity contribution in [3.8, 4) is 0 Å². The summed E-state index contributed by atoms with van der Waals surface area (Å²) in [7, 11) is -3.62. The lowest BCUT2D eigenvalue weighted by atomic mass is 10.2. The molecule has 0 atom stereocenters. The average molecular weight is 450 g/mol. The smallest absolute Gasteiger partial charge is 0.261 e. The Morgan fingerprint density at radius 1 is 1.03 bits per heavy atom. The summed E-state index contributed by atoms with van der Waals surface area (Å²) in [6, 6.07) is 8.41. The van der Waals surface area contributed by atoms with Crippen molar-refractivity contribution < 1.29 is 18.0 Å². The normalized spacial score (nSPS) is 15.4. The first-order valence-corrected chi connectivity index (χ1v) is 12.3. The third-order valence-corrected chi connectivity index (χ3v) is 8.07. The van der Waals surface area contributed by atoms with Crippen LogP contribution in [0.25, 0.3) is 0 Å². The van der Waals surface area contributed by atoms with Crippen LogP contribution in [0, 0.1) is 13.8 Å². The van der Waals surface area contributed by atoms with Gasteiger partial charge in [-0.15, -0.1) is 11.3 Å². The molecule has 7 nitrogen and oxygen atoms in total. The fourth-order valence-corrected chi connectivity index (χ4v) is 5.94. The molecule has 0 bridgehead atoms. The molecule has 9 heteroatoms. The van der Waals surface area contributed by atoms with Gasteiger partial charge in [-0.05, 0) is 56.5 Å². The van der Waals surface area contributed by atoms with E-state index in [0.29, 0.717) is 29.2 Å². The topological polar surface area (TPSA) is 95.6 Å². The van der Waals surface area contributed by atoms with Crippen molar-refractivity contribution in [1.82, 2.24) is 9.62 Å². The SMILES string of the molecule is Cc1ccc(C(=O)NCC(=O)Nc2ccc(C)c(S(=O)(=O)N3CCCCCC3)c2)s1. The molecule has 2 amide bonds. The molecule has 1 aromatic heterocycles. The molecule has 1 saturated heterocycles. The molecule has 1 aliphatic heterocycles. The summed E-state index contributed by atoms with van der Waals surface area (Å²) in [4.78, 5) is 26.1. The first kappa shape index (κ1) is 22.5. The number of sulfonamides is 1. The number of thiophene rings is 1. The van der Waals surface area contributed by atoms with E-state index in [9.17, 15) is 18.0 Å². The van der Waals surface area contributed by atoms with E-state index < -0.39 is 15.9 Å². The molecule has 2 N–H and O–H groups in total. The van der Waals surface area contributed by atoms with E-state index in [1.165, 1.54) is 21.7 Å². The second-order valence-corrected chi connectivity index (χ2v) is 10.6. The van der Waals surface area contributed by atoms with E-state index in [1.54, 1.807) is 25.1 Å². The number of aryl methyl sites for hydroxylation is 2. The van der Waals surface area contributed by atoms with Gasteiger partial charge in [0.05, 0.1) is 16.3 Å². The Balaban J connectivity index is 1.67. The van der Waals surface area contributed by atoms with Crippen LogP contribution < -0.4 is 10.6 Å². The molecule has 1 aliphatic rings. The van der Waals surface area contributed by atoms with Crippen LogP contribution >= 0.6 is 11.3 Å². The minimum Gasteiger partial charge on any atom is -0.342 e. The molecule has 30 heavy (non-hydrogen) atoms. The first-order valence-electron chi connectivity index (χ1n) is 10.0. The van der Waals surface area contributed by atoms with Crippen LogP contribution in [-0.2, 0) is 14.8 Å². The second-order valence-electron chi connectivity index (χ2n) is 7.44. The fourth-order valence-electron chi connectivity index (χ4n) is 3.39. The number of carbonyl (C=O) groups excluding carboxylic acids is 2. The lowest BCUT2D eigenvalue weighted by Gasteiger charge is -2.21. The Morgan fingerprint density at radius 2 is 1.73 bits per heavy atom. The van der Waals surface area contributed by atoms with Crippen molar-refractivity contribution in [2.75, 3.05) is 25.0 Å². The molecule has 2 aromatic rings. The van der Waals surface area contributed by atoms with E-state index in [1.807, 2.05) is 13.0 Å². The maximum atomic E-state index is 13.1. The summed E-state index contributed by atoms with van der Waals surface area (Å²) >= 11 is 1.36. The van der Waals surface area contributed by atoms with Crippen molar-refractivity contribution in [3.05, 3.63) is 45.6 Å². The minimum atomic E-state index is -3.62. The van der Waals surface area contributed by atoms with Gasteiger partial charge >= 0.3 is 0 Å². The minimum absolute atomic E-state index is 0.197. The third kappa shape index (κ3) is 5.47. The fraction of sp³-hybridized carbons (Fsp3) is 0.429. The maximum Gasteiger partial charge on any atom is 0.261 e. The Morgan fingerprint density at radius 3 is 2.37 bits per heavy atom. The van der Waals surface area contributed by atoms with Gasteiger partial charge in [0.15, 0.2) is 0 Å². The van der Waals surface area contributed by atoms with Gasteiger partial charge in [0.25, 0.3) is 5.91 Å². The molecule has 0 radical (unpaired) electrons. The van der Waals surface area contributed by atoms with Crippen molar-refractivity contribution in [3.63, 3.8) is 0 Å². The lowest BCUT2D eigenvalue weighted by molar-refractivity contribution is -0.115. The number of benzene rings is 1. The number of nitrogens with zero attached hydrogens (tertiary/aromatic N) is 1. The number of hydrogen-bond acceptors (Lipinski definition) is 5. The molecular weight excluding hydrogens is 422 g/mol. The van der Waals surface area contributed by atoms with Gasteiger partial charge in [-0.1, -0.05) is 18.9 Å². The zero-order chi connectivity index (χ0) is 21.7. The van der Waals surface area contributed by atoms with Gasteiger partial charge < -0.3 is 10.6 Å². The molecule has 0 aliphatic carbocycles. The summed E-state index contributed by atoms with van der Waals surface area (Å²) in [5, 5.41) is 5.26. The summed E-state index contributed by atoms with van der Waals surface area (Å²) in [5.41, 5.74) is 1.03. The highest BCUT2D eigenvalue weighted by molar-refractivity contribution is 7.89. The highest BCUT2D eigenvalue weighted by atomic mass is 32.2. The number of anilines is 1. The number of amides is 2. The third-order valence-electron chi connectivity index (χ3n) is 5.03. The Bertz CT molecular complexity index is 1020. The van der Waals surface area contributed by atoms with Crippen LogP contribution in [0.3, 0.4) is 0 Å². The lowest BCUT2D eigenvalue weighted by Crippen LogP contribution is -2.33. The Hall–Kier alpha value is -2.23. The predicted octanol–water partition coefficient (Wildman–Crippen LogP) is 3.30. The first-order chi connectivity index (χ1) is 14.3. The molecule has 162 valence electrons. The molecule has 2 heterocycles. The summed E-state index contributed by atoms with van der Waals surface area (Å²) in [6.07, 6.45) is 3.80. The van der Waals surface area contributed by atoms with E-state index in [4.69, 9.17) is 0 Å². The highest BCUT2D eigenvalue weighted by Gasteiger charge is 2.27. The highest BCUT2D eigenvalue weighted by Crippen LogP contribution is 2.25. The van der Waals surface area contributed by atoms with E-state index in [0.717, 1.165) is 30.6 Å². The van der Waals surface area contributed by atoms with Crippen molar-refractivity contribution in [2.45, 2.75) is 44.4 Å². The largest absolute Gasteiger partial charge is 0.342 e. The van der Waals surface area contributed by atoms with Crippen molar-refractivity contribution in [2.24, 2.45) is 0 Å². The van der Waals surface area contributed by atoms with Crippen molar-refractivity contribution in [1.29, 1.82) is 0 Å². The van der Waals surface area contributed by atoms with E-state index in [-0.39, 0.29) is 17.3 Å². The van der Waals surface area contributed by atoms with Crippen LogP contribution in [0.5, 0.6) is 0 Å². The molecule has 1 fully saturated rings. The number of hydrogen-bond donors (Lipinski definition) is 2. The number of carbonyl (C=O) groups is 2. The van der Waals surface area contributed by atoms with Crippen LogP contribution in [0.2, 0.25) is 0 Å². The molecule has 1 aromatic carbocycles. The quantitative estimate of drug-likeness (QED) is 0.707. The van der Waals surface area contributed by atoms with Gasteiger partial charge in [0, 0.05) is 23.7 Å². The van der Waals surface area contributed by atoms with Gasteiger partial charge in [-0.3, -0.25) is 9.59 Å². The molecule has 3 rings (SSSR count). The van der Waals surface area contributed by atoms with Gasteiger partial charge in [-0.25, -0.2) is 8.42 Å². The van der Waals surface area contributed by atoms with Crippen molar-refractivity contribution >= 4 is 38.9 Å². The Labute approximate surface area is 181 Å². The standard InChI is InChI=1S/C21H27N3O4S2/c1-15-7-9-17(13-19(15)30(27,28)24-11-5-3-4-6-12-24)23-20(25)14-22-21(26)18-10-8-16(2)29-18/h7-10,13H,3-6,11-12,14H2,1-2H3,(H,22,26)(H,23,25). The predicted molar refractivity (Wildman–Crippen MR) is 118 cm³/mol. The molecular formula is C21H27N3O4S2. The van der Waals surface area contributed by atoms with E-state index >= 15 is 0 Å². The molecule has 0 saturated carbocycles. The molecule has 0 spiro atoms. The second kappa shape index (κ2) is 9.72. The Kier molecular flexibility index (Phi) is 7.27. The van der Waals surface area contributed by atoms with Gasteiger partial charge in [-0.2, -0.15) is 4.31 Å². The maximum absolute atomic E-state index is 13.1. The van der Waals surface area contributed by atoms with Crippen LogP contribution in [0.4, 0.5) is 5.69 Å².